The topological polar surface area (TPSA) is 63.1 Å². The van der Waals surface area contributed by atoms with Gasteiger partial charge in [0.1, 0.15) is 5.82 Å². The van der Waals surface area contributed by atoms with Gasteiger partial charge >= 0.3 is 6.03 Å². The van der Waals surface area contributed by atoms with Gasteiger partial charge in [0.2, 0.25) is 0 Å². The second-order valence-corrected chi connectivity index (χ2v) is 7.94. The summed E-state index contributed by atoms with van der Waals surface area (Å²) in [5.74, 6) is -0.570. The lowest BCUT2D eigenvalue weighted by molar-refractivity contribution is 0.195. The Morgan fingerprint density at radius 3 is 2.79 bits per heavy atom. The zero-order chi connectivity index (χ0) is 20.5. The lowest BCUT2D eigenvalue weighted by Gasteiger charge is -2.28. The third-order valence-electron chi connectivity index (χ3n) is 4.93. The van der Waals surface area contributed by atoms with Crippen molar-refractivity contribution in [3.8, 4) is 0 Å². The van der Waals surface area contributed by atoms with Gasteiger partial charge in [0, 0.05) is 23.1 Å². The first-order chi connectivity index (χ1) is 13.9. The summed E-state index contributed by atoms with van der Waals surface area (Å²) in [6, 6.07) is 9.64. The van der Waals surface area contributed by atoms with Gasteiger partial charge in [-0.15, -0.1) is 10.2 Å². The van der Waals surface area contributed by atoms with Gasteiger partial charge in [0.25, 0.3) is 0 Å². The number of fused-ring (bicyclic) bond motifs is 1. The molecule has 1 aliphatic heterocycles. The summed E-state index contributed by atoms with van der Waals surface area (Å²) < 4.78 is 30.3. The van der Waals surface area contributed by atoms with Gasteiger partial charge in [-0.05, 0) is 52.8 Å². The molecule has 1 N–H and O–H groups in total. The van der Waals surface area contributed by atoms with Crippen molar-refractivity contribution in [1.82, 2.24) is 19.7 Å². The standard InChI is InChI=1S/C20H18F2IN5O/c1-12-4-2-7-15(19(12)23)24-20(29)27-8-9-28-16(25-26-17(28)11-27)10-13-5-3-6-14(21)18(13)22/h2-7H,8-11H2,1H3,(H,24,29). The Hall–Kier alpha value is -2.56. The number of benzene rings is 2. The maximum Gasteiger partial charge on any atom is 0.322 e. The van der Waals surface area contributed by atoms with Crippen LogP contribution in [0.4, 0.5) is 19.3 Å². The minimum Gasteiger partial charge on any atom is -0.315 e. The summed E-state index contributed by atoms with van der Waals surface area (Å²) in [5.41, 5.74) is 2.09. The Balaban J connectivity index is 1.48. The largest absolute Gasteiger partial charge is 0.322 e. The van der Waals surface area contributed by atoms with E-state index in [2.05, 4.69) is 38.1 Å². The van der Waals surface area contributed by atoms with E-state index in [0.29, 0.717) is 31.3 Å². The van der Waals surface area contributed by atoms with Gasteiger partial charge in [0.05, 0.1) is 12.2 Å². The number of halogens is 3. The van der Waals surface area contributed by atoms with Crippen LogP contribution in [0.3, 0.4) is 0 Å². The summed E-state index contributed by atoms with van der Waals surface area (Å²) >= 11 is 2.21. The number of hydrogen-bond acceptors (Lipinski definition) is 3. The van der Waals surface area contributed by atoms with Crippen molar-refractivity contribution in [2.75, 3.05) is 11.9 Å². The van der Waals surface area contributed by atoms with Crippen LogP contribution >= 0.6 is 22.6 Å². The fourth-order valence-corrected chi connectivity index (χ4v) is 3.81. The van der Waals surface area contributed by atoms with Gasteiger partial charge in [-0.25, -0.2) is 13.6 Å². The lowest BCUT2D eigenvalue weighted by Crippen LogP contribution is -2.41. The number of hydrogen-bond donors (Lipinski definition) is 1. The number of urea groups is 1. The van der Waals surface area contributed by atoms with Crippen molar-refractivity contribution in [1.29, 1.82) is 0 Å². The van der Waals surface area contributed by atoms with Gasteiger partial charge in [-0.1, -0.05) is 24.3 Å². The Labute approximate surface area is 180 Å². The minimum absolute atomic E-state index is 0.143. The van der Waals surface area contributed by atoms with E-state index in [1.807, 2.05) is 29.7 Å². The highest BCUT2D eigenvalue weighted by Crippen LogP contribution is 2.23. The summed E-state index contributed by atoms with van der Waals surface area (Å²) in [7, 11) is 0. The van der Waals surface area contributed by atoms with E-state index >= 15 is 0 Å². The number of carbonyl (C=O) groups excluding carboxylic acids is 1. The fraction of sp³-hybridized carbons (Fsp3) is 0.250. The zero-order valence-electron chi connectivity index (χ0n) is 15.6. The smallest absolute Gasteiger partial charge is 0.315 e. The number of amides is 2. The van der Waals surface area contributed by atoms with Crippen LogP contribution in [0.15, 0.2) is 36.4 Å². The highest BCUT2D eigenvalue weighted by atomic mass is 127. The van der Waals surface area contributed by atoms with Crippen LogP contribution in [-0.2, 0) is 19.5 Å². The molecule has 2 amide bonds. The molecule has 0 spiro atoms. The first kappa shape index (κ1) is 19.7. The van der Waals surface area contributed by atoms with Crippen LogP contribution in [-0.4, -0.2) is 32.2 Å². The molecule has 0 unspecified atom stereocenters. The third kappa shape index (κ3) is 3.96. The van der Waals surface area contributed by atoms with Crippen LogP contribution in [0, 0.1) is 22.1 Å². The summed E-state index contributed by atoms with van der Waals surface area (Å²) in [4.78, 5) is 14.3. The third-order valence-corrected chi connectivity index (χ3v) is 6.36. The molecular formula is C20H18F2IN5O. The SMILES string of the molecule is Cc1cccc(NC(=O)N2CCn3c(Cc4cccc(F)c4F)nnc3C2)c1I. The van der Waals surface area contributed by atoms with Crippen LogP contribution in [0.1, 0.15) is 22.8 Å². The summed E-state index contributed by atoms with van der Waals surface area (Å²) in [6.45, 7) is 3.25. The second-order valence-electron chi connectivity index (χ2n) is 6.86. The van der Waals surface area contributed by atoms with Crippen molar-refractivity contribution in [2.45, 2.75) is 26.4 Å². The molecule has 150 valence electrons. The number of carbonyl (C=O) groups is 1. The van der Waals surface area contributed by atoms with Crippen molar-refractivity contribution >= 4 is 34.3 Å². The molecule has 2 aromatic carbocycles. The van der Waals surface area contributed by atoms with Crippen molar-refractivity contribution in [3.05, 3.63) is 74.4 Å². The molecule has 0 bridgehead atoms. The average molecular weight is 509 g/mol. The monoisotopic (exact) mass is 509 g/mol. The molecule has 1 aromatic heterocycles. The van der Waals surface area contributed by atoms with Gasteiger partial charge in [-0.2, -0.15) is 0 Å². The zero-order valence-corrected chi connectivity index (χ0v) is 17.8. The predicted molar refractivity (Wildman–Crippen MR) is 113 cm³/mol. The molecule has 0 atom stereocenters. The number of nitrogens with one attached hydrogen (secondary N) is 1. The molecule has 4 rings (SSSR count). The average Bonchev–Trinajstić information content (AvgIpc) is 3.11. The van der Waals surface area contributed by atoms with Crippen LogP contribution in [0.5, 0.6) is 0 Å². The van der Waals surface area contributed by atoms with E-state index in [1.54, 1.807) is 4.90 Å². The maximum absolute atomic E-state index is 14.0. The number of aryl methyl sites for hydroxylation is 1. The molecule has 9 heteroatoms. The number of aromatic nitrogens is 3. The molecular weight excluding hydrogens is 491 g/mol. The number of rotatable bonds is 3. The van der Waals surface area contributed by atoms with E-state index in [-0.39, 0.29) is 18.0 Å². The normalized spacial score (nSPS) is 13.3. The van der Waals surface area contributed by atoms with E-state index in [1.165, 1.54) is 12.1 Å². The van der Waals surface area contributed by atoms with E-state index < -0.39 is 11.6 Å². The van der Waals surface area contributed by atoms with Gasteiger partial charge in [-0.3, -0.25) is 0 Å². The summed E-state index contributed by atoms with van der Waals surface area (Å²) in [5, 5.41) is 11.2. The molecule has 6 nitrogen and oxygen atoms in total. The Morgan fingerprint density at radius 2 is 1.97 bits per heavy atom. The minimum atomic E-state index is -0.880. The summed E-state index contributed by atoms with van der Waals surface area (Å²) in [6.07, 6.45) is 0.143. The number of anilines is 1. The second kappa shape index (κ2) is 8.05. The molecule has 0 fully saturated rings. The van der Waals surface area contributed by atoms with Crippen molar-refractivity contribution in [2.24, 2.45) is 0 Å². The molecule has 0 saturated heterocycles. The predicted octanol–water partition coefficient (Wildman–Crippen LogP) is 4.11. The quantitative estimate of drug-likeness (QED) is 0.541. The highest BCUT2D eigenvalue weighted by molar-refractivity contribution is 14.1. The van der Waals surface area contributed by atoms with Gasteiger partial charge < -0.3 is 14.8 Å². The number of nitrogens with zero attached hydrogens (tertiary/aromatic N) is 4. The molecule has 1 aliphatic rings. The Kier molecular flexibility index (Phi) is 5.48. The van der Waals surface area contributed by atoms with Crippen molar-refractivity contribution in [3.63, 3.8) is 0 Å². The fourth-order valence-electron chi connectivity index (χ4n) is 3.32. The molecule has 0 aliphatic carbocycles. The first-order valence-corrected chi connectivity index (χ1v) is 10.2. The molecule has 3 aromatic rings. The van der Waals surface area contributed by atoms with E-state index in [0.717, 1.165) is 20.9 Å². The molecule has 0 radical (unpaired) electrons. The van der Waals surface area contributed by atoms with Crippen molar-refractivity contribution < 1.29 is 13.6 Å². The van der Waals surface area contributed by atoms with E-state index in [4.69, 9.17) is 0 Å². The maximum atomic E-state index is 14.0. The Bertz CT molecular complexity index is 1080. The molecule has 0 saturated carbocycles. The van der Waals surface area contributed by atoms with Crippen LogP contribution in [0.25, 0.3) is 0 Å². The first-order valence-electron chi connectivity index (χ1n) is 9.09. The van der Waals surface area contributed by atoms with Crippen LogP contribution < -0.4 is 5.32 Å². The van der Waals surface area contributed by atoms with Gasteiger partial charge in [0.15, 0.2) is 17.5 Å². The molecule has 29 heavy (non-hydrogen) atoms. The Morgan fingerprint density at radius 1 is 1.17 bits per heavy atom. The molecule has 2 heterocycles. The lowest BCUT2D eigenvalue weighted by atomic mass is 10.1. The van der Waals surface area contributed by atoms with E-state index in [9.17, 15) is 13.6 Å². The van der Waals surface area contributed by atoms with Crippen LogP contribution in [0.2, 0.25) is 0 Å². The highest BCUT2D eigenvalue weighted by Gasteiger charge is 2.25.